The third-order valence-corrected chi connectivity index (χ3v) is 5.20. The number of hydrogen-bond acceptors (Lipinski definition) is 3. The van der Waals surface area contributed by atoms with E-state index in [9.17, 15) is 14.4 Å². The Morgan fingerprint density at radius 3 is 2.46 bits per heavy atom. The molecule has 1 atom stereocenters. The zero-order valence-electron chi connectivity index (χ0n) is 15.6. The molecule has 0 bridgehead atoms. The van der Waals surface area contributed by atoms with Crippen LogP contribution < -0.4 is 10.7 Å². The Bertz CT molecular complexity index is 887. The van der Waals surface area contributed by atoms with Gasteiger partial charge in [-0.25, -0.2) is 4.79 Å². The van der Waals surface area contributed by atoms with Gasteiger partial charge in [-0.1, -0.05) is 60.1 Å². The molecule has 4 amide bonds. The molecule has 0 radical (unpaired) electrons. The lowest BCUT2D eigenvalue weighted by Crippen LogP contribution is -2.49. The normalized spacial score (nSPS) is 18.9. The van der Waals surface area contributed by atoms with Crippen molar-refractivity contribution < 1.29 is 14.4 Å². The van der Waals surface area contributed by atoms with Gasteiger partial charge >= 0.3 is 6.03 Å². The highest BCUT2D eigenvalue weighted by Crippen LogP contribution is 2.22. The van der Waals surface area contributed by atoms with Crippen molar-refractivity contribution in [2.24, 2.45) is 0 Å². The van der Waals surface area contributed by atoms with Gasteiger partial charge in [-0.3, -0.25) is 15.0 Å². The molecule has 2 aromatic rings. The van der Waals surface area contributed by atoms with Gasteiger partial charge < -0.3 is 5.32 Å². The van der Waals surface area contributed by atoms with Gasteiger partial charge in [0.05, 0.1) is 0 Å². The fraction of sp³-hybridized carbons (Fsp3) is 0.286. The summed E-state index contributed by atoms with van der Waals surface area (Å²) in [5.74, 6) is -0.879. The molecule has 1 fully saturated rings. The van der Waals surface area contributed by atoms with Crippen molar-refractivity contribution in [2.75, 3.05) is 0 Å². The van der Waals surface area contributed by atoms with Crippen LogP contribution in [0.5, 0.6) is 0 Å². The Kier molecular flexibility index (Phi) is 5.99. The van der Waals surface area contributed by atoms with Crippen LogP contribution in [-0.4, -0.2) is 28.4 Å². The minimum absolute atomic E-state index is 0.113. The number of benzene rings is 2. The lowest BCUT2D eigenvalue weighted by atomic mass is 9.93. The molecule has 2 N–H and O–H groups in total. The minimum Gasteiger partial charge on any atom is -0.322 e. The average molecular weight is 400 g/mol. The van der Waals surface area contributed by atoms with Crippen molar-refractivity contribution in [3.63, 3.8) is 0 Å². The first-order valence-electron chi connectivity index (χ1n) is 9.12. The second-order valence-electron chi connectivity index (χ2n) is 7.01. The molecule has 7 heteroatoms. The summed E-state index contributed by atoms with van der Waals surface area (Å²) in [7, 11) is 0. The SMILES string of the molecule is CC1(CCc2ccccc2)NC(=O)N(NC(=O)CCc2ccccc2Cl)C1=O. The third-order valence-electron chi connectivity index (χ3n) is 4.83. The van der Waals surface area contributed by atoms with Crippen LogP contribution in [0, 0.1) is 0 Å². The molecule has 1 aliphatic rings. The quantitative estimate of drug-likeness (QED) is 0.701. The van der Waals surface area contributed by atoms with Crippen LogP contribution in [0.1, 0.15) is 30.9 Å². The number of hydrogen-bond donors (Lipinski definition) is 2. The van der Waals surface area contributed by atoms with Gasteiger partial charge in [0.2, 0.25) is 5.91 Å². The van der Waals surface area contributed by atoms with E-state index in [0.717, 1.165) is 16.1 Å². The van der Waals surface area contributed by atoms with Crippen molar-refractivity contribution >= 4 is 29.4 Å². The first-order valence-corrected chi connectivity index (χ1v) is 9.50. The summed E-state index contributed by atoms with van der Waals surface area (Å²) in [4.78, 5) is 37.2. The van der Waals surface area contributed by atoms with Gasteiger partial charge in [0.25, 0.3) is 5.91 Å². The number of hydrazine groups is 1. The monoisotopic (exact) mass is 399 g/mol. The Labute approximate surface area is 168 Å². The summed E-state index contributed by atoms with van der Waals surface area (Å²) in [5.41, 5.74) is 3.27. The number of imide groups is 1. The molecule has 1 saturated heterocycles. The fourth-order valence-electron chi connectivity index (χ4n) is 3.12. The van der Waals surface area contributed by atoms with Crippen LogP contribution in [0.25, 0.3) is 0 Å². The third kappa shape index (κ3) is 4.51. The van der Waals surface area contributed by atoms with Crippen molar-refractivity contribution in [3.05, 3.63) is 70.7 Å². The number of nitrogens with one attached hydrogen (secondary N) is 2. The maximum Gasteiger partial charge on any atom is 0.344 e. The van der Waals surface area contributed by atoms with Gasteiger partial charge in [0.15, 0.2) is 0 Å². The van der Waals surface area contributed by atoms with Crippen molar-refractivity contribution in [2.45, 2.75) is 38.1 Å². The highest BCUT2D eigenvalue weighted by atomic mass is 35.5. The van der Waals surface area contributed by atoms with E-state index >= 15 is 0 Å². The predicted octanol–water partition coefficient (Wildman–Crippen LogP) is 3.25. The van der Waals surface area contributed by atoms with E-state index < -0.39 is 23.4 Å². The first kappa shape index (κ1) is 19.9. The number of carbonyl (C=O) groups is 3. The Morgan fingerprint density at radius 2 is 1.75 bits per heavy atom. The van der Waals surface area contributed by atoms with E-state index in [1.54, 1.807) is 13.0 Å². The van der Waals surface area contributed by atoms with Crippen LogP contribution in [0.15, 0.2) is 54.6 Å². The summed E-state index contributed by atoms with van der Waals surface area (Å²) < 4.78 is 0. The van der Waals surface area contributed by atoms with Gasteiger partial charge in [-0.2, -0.15) is 5.01 Å². The van der Waals surface area contributed by atoms with Crippen LogP contribution in [0.2, 0.25) is 5.02 Å². The molecule has 6 nitrogen and oxygen atoms in total. The molecular formula is C21H22ClN3O3. The summed E-state index contributed by atoms with van der Waals surface area (Å²) in [6, 6.07) is 16.4. The number of halogens is 1. The highest BCUT2D eigenvalue weighted by molar-refractivity contribution is 6.31. The second-order valence-corrected chi connectivity index (χ2v) is 7.42. The largest absolute Gasteiger partial charge is 0.344 e. The summed E-state index contributed by atoms with van der Waals surface area (Å²) in [5, 5.41) is 4.05. The topological polar surface area (TPSA) is 78.5 Å². The van der Waals surface area contributed by atoms with Crippen molar-refractivity contribution in [1.82, 2.24) is 15.8 Å². The minimum atomic E-state index is -1.05. The molecule has 2 aromatic carbocycles. The van der Waals surface area contributed by atoms with Gasteiger partial charge in [-0.05, 0) is 43.4 Å². The van der Waals surface area contributed by atoms with Crippen LogP contribution in [-0.2, 0) is 22.4 Å². The van der Waals surface area contributed by atoms with E-state index in [1.165, 1.54) is 0 Å². The molecule has 146 valence electrons. The lowest BCUT2D eigenvalue weighted by Gasteiger charge is -2.21. The number of urea groups is 1. The summed E-state index contributed by atoms with van der Waals surface area (Å²) in [6.45, 7) is 1.67. The van der Waals surface area contributed by atoms with E-state index in [1.807, 2.05) is 48.5 Å². The maximum absolute atomic E-state index is 12.7. The second kappa shape index (κ2) is 8.44. The Balaban J connectivity index is 1.57. The van der Waals surface area contributed by atoms with Crippen molar-refractivity contribution in [1.29, 1.82) is 0 Å². The van der Waals surface area contributed by atoms with Crippen LogP contribution >= 0.6 is 11.6 Å². The molecule has 0 saturated carbocycles. The zero-order valence-corrected chi connectivity index (χ0v) is 16.3. The fourth-order valence-corrected chi connectivity index (χ4v) is 3.35. The van der Waals surface area contributed by atoms with E-state index in [2.05, 4.69) is 10.7 Å². The number of aryl methyl sites for hydroxylation is 2. The molecule has 3 rings (SSSR count). The number of amides is 4. The molecule has 0 aromatic heterocycles. The molecule has 1 heterocycles. The van der Waals surface area contributed by atoms with E-state index in [-0.39, 0.29) is 6.42 Å². The zero-order chi connectivity index (χ0) is 20.1. The highest BCUT2D eigenvalue weighted by Gasteiger charge is 2.48. The number of rotatable bonds is 7. The van der Waals surface area contributed by atoms with Gasteiger partial charge in [0.1, 0.15) is 5.54 Å². The molecule has 1 aliphatic heterocycles. The molecule has 0 spiro atoms. The molecule has 0 aliphatic carbocycles. The molecule has 28 heavy (non-hydrogen) atoms. The predicted molar refractivity (Wildman–Crippen MR) is 106 cm³/mol. The van der Waals surface area contributed by atoms with Gasteiger partial charge in [-0.15, -0.1) is 0 Å². The van der Waals surface area contributed by atoms with Gasteiger partial charge in [0, 0.05) is 11.4 Å². The summed E-state index contributed by atoms with van der Waals surface area (Å²) >= 11 is 6.09. The van der Waals surface area contributed by atoms with Crippen molar-refractivity contribution in [3.8, 4) is 0 Å². The smallest absolute Gasteiger partial charge is 0.322 e. The Morgan fingerprint density at radius 1 is 1.07 bits per heavy atom. The number of carbonyl (C=O) groups excluding carboxylic acids is 3. The standard InChI is InChI=1S/C21H22ClN3O3/c1-21(14-13-15-7-3-2-4-8-15)19(27)25(20(28)23-21)24-18(26)12-11-16-9-5-6-10-17(16)22/h2-10H,11-14H2,1H3,(H,23,28)(H,24,26). The van der Waals surface area contributed by atoms with Crippen LogP contribution in [0.3, 0.4) is 0 Å². The summed E-state index contributed by atoms with van der Waals surface area (Å²) in [6.07, 6.45) is 1.60. The van der Waals surface area contributed by atoms with Crippen LogP contribution in [0.4, 0.5) is 4.79 Å². The van der Waals surface area contributed by atoms with E-state index in [4.69, 9.17) is 11.6 Å². The maximum atomic E-state index is 12.7. The molecular weight excluding hydrogens is 378 g/mol. The van der Waals surface area contributed by atoms with E-state index in [0.29, 0.717) is 24.3 Å². The Hall–Kier alpha value is -2.86. The number of nitrogens with zero attached hydrogens (tertiary/aromatic N) is 1. The average Bonchev–Trinajstić information content (AvgIpc) is 2.90. The lowest BCUT2D eigenvalue weighted by molar-refractivity contribution is -0.138. The molecule has 1 unspecified atom stereocenters. The first-order chi connectivity index (χ1) is 13.4.